The molecule has 0 atom stereocenters. The van der Waals surface area contributed by atoms with Crippen molar-refractivity contribution in [3.8, 4) is 5.69 Å². The summed E-state index contributed by atoms with van der Waals surface area (Å²) in [6, 6.07) is 10.5. The molecule has 0 saturated carbocycles. The van der Waals surface area contributed by atoms with Gasteiger partial charge < -0.3 is 0 Å². The van der Waals surface area contributed by atoms with Gasteiger partial charge >= 0.3 is 0 Å². The van der Waals surface area contributed by atoms with Gasteiger partial charge in [-0.1, -0.05) is 18.2 Å². The van der Waals surface area contributed by atoms with Crippen molar-refractivity contribution in [2.45, 2.75) is 11.8 Å². The van der Waals surface area contributed by atoms with Gasteiger partial charge in [0.2, 0.25) is 0 Å². The van der Waals surface area contributed by atoms with Crippen molar-refractivity contribution in [2.75, 3.05) is 4.72 Å². The van der Waals surface area contributed by atoms with Crippen molar-refractivity contribution in [3.63, 3.8) is 0 Å². The third-order valence-electron chi connectivity index (χ3n) is 3.62. The fourth-order valence-electron chi connectivity index (χ4n) is 2.38. The number of nitrogens with one attached hydrogen (secondary N) is 1. The van der Waals surface area contributed by atoms with E-state index in [0.717, 1.165) is 10.5 Å². The maximum atomic E-state index is 12.8. The van der Waals surface area contributed by atoms with Crippen molar-refractivity contribution >= 4 is 37.3 Å². The monoisotopic (exact) mass is 436 g/mol. The van der Waals surface area contributed by atoms with Gasteiger partial charge in [-0.25, -0.2) is 13.1 Å². The van der Waals surface area contributed by atoms with Crippen LogP contribution in [0.2, 0.25) is 0 Å². The van der Waals surface area contributed by atoms with E-state index in [1.807, 2.05) is 0 Å². The highest BCUT2D eigenvalue weighted by atomic mass is 79.9. The van der Waals surface area contributed by atoms with Crippen molar-refractivity contribution in [3.05, 3.63) is 75.0 Å². The van der Waals surface area contributed by atoms with E-state index in [1.54, 1.807) is 43.6 Å². The van der Waals surface area contributed by atoms with Crippen LogP contribution in [0.3, 0.4) is 0 Å². The van der Waals surface area contributed by atoms with Crippen LogP contribution in [0.1, 0.15) is 5.56 Å². The normalized spacial score (nSPS) is 11.3. The lowest BCUT2D eigenvalue weighted by Gasteiger charge is -2.13. The number of anilines is 1. The minimum Gasteiger partial charge on any atom is -0.277 e. The number of non-ortho nitro benzene ring substituents is 1. The molecule has 3 aromatic rings. The Morgan fingerprint density at radius 2 is 1.96 bits per heavy atom. The molecule has 0 aliphatic rings. The van der Waals surface area contributed by atoms with Gasteiger partial charge in [0.05, 0.1) is 31.9 Å². The lowest BCUT2D eigenvalue weighted by atomic mass is 10.2. The zero-order chi connectivity index (χ0) is 18.9. The number of benzene rings is 2. The van der Waals surface area contributed by atoms with Crippen molar-refractivity contribution < 1.29 is 13.3 Å². The van der Waals surface area contributed by atoms with Crippen LogP contribution in [-0.2, 0) is 10.0 Å². The van der Waals surface area contributed by atoms with Crippen molar-refractivity contribution in [1.29, 1.82) is 0 Å². The number of halogens is 1. The van der Waals surface area contributed by atoms with Crippen LogP contribution in [0.4, 0.5) is 11.4 Å². The smallest absolute Gasteiger partial charge is 0.270 e. The predicted octanol–water partition coefficient (Wildman–Crippen LogP) is 3.65. The summed E-state index contributed by atoms with van der Waals surface area (Å²) < 4.78 is 30.4. The van der Waals surface area contributed by atoms with Gasteiger partial charge in [-0.3, -0.25) is 14.8 Å². The number of aryl methyl sites for hydroxylation is 1. The molecular weight excluding hydrogens is 424 g/mol. The number of nitro groups is 1. The van der Waals surface area contributed by atoms with Crippen LogP contribution in [0.5, 0.6) is 0 Å². The Morgan fingerprint density at radius 3 is 2.62 bits per heavy atom. The number of aromatic nitrogens is 2. The van der Waals surface area contributed by atoms with Crippen LogP contribution < -0.4 is 4.72 Å². The first-order chi connectivity index (χ1) is 12.3. The van der Waals surface area contributed by atoms with Gasteiger partial charge in [-0.15, -0.1) is 0 Å². The first kappa shape index (κ1) is 18.1. The molecule has 2 aromatic carbocycles. The molecule has 0 spiro atoms. The largest absolute Gasteiger partial charge is 0.277 e. The highest BCUT2D eigenvalue weighted by Gasteiger charge is 2.22. The summed E-state index contributed by atoms with van der Waals surface area (Å²) in [4.78, 5) is 10.2. The Balaban J connectivity index is 2.04. The second-order valence-electron chi connectivity index (χ2n) is 5.43. The molecule has 0 fully saturated rings. The zero-order valence-corrected chi connectivity index (χ0v) is 15.9. The lowest BCUT2D eigenvalue weighted by Crippen LogP contribution is -2.16. The Morgan fingerprint density at radius 1 is 1.23 bits per heavy atom. The summed E-state index contributed by atoms with van der Waals surface area (Å²) in [6.07, 6.45) is 3.27. The molecule has 0 aliphatic heterocycles. The van der Waals surface area contributed by atoms with E-state index in [-0.39, 0.29) is 10.6 Å². The Bertz CT molecular complexity index is 1100. The molecule has 10 heteroatoms. The molecule has 0 aliphatic carbocycles. The fourth-order valence-corrected chi connectivity index (χ4v) is 4.01. The van der Waals surface area contributed by atoms with Crippen LogP contribution in [0.15, 0.2) is 64.2 Å². The number of rotatable bonds is 5. The van der Waals surface area contributed by atoms with Gasteiger partial charge in [0.1, 0.15) is 0 Å². The molecule has 0 amide bonds. The average molecular weight is 437 g/mol. The number of nitrogens with zero attached hydrogens (tertiary/aromatic N) is 3. The van der Waals surface area contributed by atoms with Crippen LogP contribution in [0, 0.1) is 17.0 Å². The number of nitro benzene ring substituents is 1. The number of hydrogen-bond acceptors (Lipinski definition) is 5. The quantitative estimate of drug-likeness (QED) is 0.484. The topological polar surface area (TPSA) is 107 Å². The maximum absolute atomic E-state index is 12.8. The lowest BCUT2D eigenvalue weighted by molar-refractivity contribution is -0.385. The van der Waals surface area contributed by atoms with E-state index >= 15 is 0 Å². The fraction of sp³-hybridized carbons (Fsp3) is 0.0625. The van der Waals surface area contributed by atoms with Crippen LogP contribution >= 0.6 is 15.9 Å². The van der Waals surface area contributed by atoms with E-state index < -0.39 is 14.9 Å². The third kappa shape index (κ3) is 3.60. The van der Waals surface area contributed by atoms with E-state index in [2.05, 4.69) is 25.8 Å². The molecule has 26 heavy (non-hydrogen) atoms. The first-order valence-corrected chi connectivity index (χ1v) is 9.63. The van der Waals surface area contributed by atoms with E-state index in [4.69, 9.17) is 0 Å². The van der Waals surface area contributed by atoms with E-state index in [1.165, 1.54) is 16.8 Å². The summed E-state index contributed by atoms with van der Waals surface area (Å²) in [5.74, 6) is 0. The van der Waals surface area contributed by atoms with E-state index in [9.17, 15) is 18.5 Å². The molecule has 0 saturated heterocycles. The zero-order valence-electron chi connectivity index (χ0n) is 13.5. The van der Waals surface area contributed by atoms with Crippen LogP contribution in [0.25, 0.3) is 5.69 Å². The molecule has 8 nitrogen and oxygen atoms in total. The average Bonchev–Trinajstić information content (AvgIpc) is 3.01. The van der Waals surface area contributed by atoms with Crippen LogP contribution in [-0.4, -0.2) is 23.1 Å². The molecule has 3 rings (SSSR count). The minimum atomic E-state index is -4.03. The first-order valence-electron chi connectivity index (χ1n) is 7.35. The van der Waals surface area contributed by atoms with Gasteiger partial charge in [-0.05, 0) is 40.5 Å². The third-order valence-corrected chi connectivity index (χ3v) is 5.54. The Kier molecular flexibility index (Phi) is 4.79. The summed E-state index contributed by atoms with van der Waals surface area (Å²) >= 11 is 3.30. The molecule has 134 valence electrons. The number of hydrogen-bond donors (Lipinski definition) is 1. The molecule has 1 heterocycles. The molecule has 1 N–H and O–H groups in total. The van der Waals surface area contributed by atoms with Crippen molar-refractivity contribution in [2.24, 2.45) is 0 Å². The van der Waals surface area contributed by atoms with E-state index in [0.29, 0.717) is 16.9 Å². The summed E-state index contributed by atoms with van der Waals surface area (Å²) in [5.41, 5.74) is 0.932. The van der Waals surface area contributed by atoms with Gasteiger partial charge in [-0.2, -0.15) is 5.10 Å². The summed E-state index contributed by atoms with van der Waals surface area (Å²) in [5, 5.41) is 15.1. The van der Waals surface area contributed by atoms with Crippen molar-refractivity contribution in [1.82, 2.24) is 9.78 Å². The maximum Gasteiger partial charge on any atom is 0.270 e. The molecule has 0 bridgehead atoms. The van der Waals surface area contributed by atoms with Gasteiger partial charge in [0, 0.05) is 18.3 Å². The van der Waals surface area contributed by atoms with Gasteiger partial charge in [0.25, 0.3) is 15.7 Å². The highest BCUT2D eigenvalue weighted by molar-refractivity contribution is 9.10. The molecule has 0 radical (unpaired) electrons. The highest BCUT2D eigenvalue weighted by Crippen LogP contribution is 2.27. The number of para-hydroxylation sites is 2. The number of sulfonamides is 1. The summed E-state index contributed by atoms with van der Waals surface area (Å²) in [7, 11) is -4.03. The summed E-state index contributed by atoms with van der Waals surface area (Å²) in [6.45, 7) is 1.58. The second-order valence-corrected chi connectivity index (χ2v) is 8.00. The molecule has 1 aromatic heterocycles. The Labute approximate surface area is 157 Å². The molecular formula is C16H13BrN4O4S. The minimum absolute atomic E-state index is 0.150. The van der Waals surface area contributed by atoms with Gasteiger partial charge in [0.15, 0.2) is 0 Å². The Hall–Kier alpha value is -2.72. The molecule has 0 unspecified atom stereocenters. The predicted molar refractivity (Wildman–Crippen MR) is 99.9 cm³/mol. The SMILES string of the molecule is Cc1ccc([N+](=O)[O-])cc1S(=O)(=O)Nc1ccccc1-n1cc(Br)cn1. The standard InChI is InChI=1S/C16H13BrN4O4S/c1-11-6-7-13(21(22)23)8-16(11)26(24,25)19-14-4-2-3-5-15(14)20-10-12(17)9-18-20/h2-10,19H,1H3. The second kappa shape index (κ2) is 6.89.